The van der Waals surface area contributed by atoms with Crippen molar-refractivity contribution < 1.29 is 31.4 Å². The van der Waals surface area contributed by atoms with Crippen molar-refractivity contribution in [2.45, 2.75) is 19.8 Å². The van der Waals surface area contributed by atoms with E-state index in [0.29, 0.717) is 5.56 Å². The molecule has 3 rings (SSSR count). The van der Waals surface area contributed by atoms with E-state index in [-0.39, 0.29) is 23.7 Å². The third-order valence-corrected chi connectivity index (χ3v) is 6.00. The van der Waals surface area contributed by atoms with Crippen molar-refractivity contribution in [2.24, 2.45) is 0 Å². The SMILES string of the molecule is Cc1c(O)n(-c2ccc(OC(F)(F)F)cc2)c(=O)n1Cc1ccnc(NS(=O)(=O)N(C)C)c1. The van der Waals surface area contributed by atoms with Crippen molar-refractivity contribution in [2.75, 3.05) is 18.8 Å². The van der Waals surface area contributed by atoms with Crippen LogP contribution in [0.15, 0.2) is 47.4 Å². The highest BCUT2D eigenvalue weighted by molar-refractivity contribution is 7.90. The Morgan fingerprint density at radius 1 is 1.18 bits per heavy atom. The molecule has 0 unspecified atom stereocenters. The molecule has 2 aromatic heterocycles. The molecule has 0 amide bonds. The summed E-state index contributed by atoms with van der Waals surface area (Å²) in [6, 6.07) is 7.45. The molecule has 0 bridgehead atoms. The minimum atomic E-state index is -4.86. The molecule has 1 aromatic carbocycles. The molecular formula is C19H20F3N5O5S. The Balaban J connectivity index is 1.91. The van der Waals surface area contributed by atoms with E-state index in [2.05, 4.69) is 14.4 Å². The molecule has 0 saturated heterocycles. The number of pyridine rings is 1. The lowest BCUT2D eigenvalue weighted by Gasteiger charge is -2.13. The quantitative estimate of drug-likeness (QED) is 0.528. The first kappa shape index (κ1) is 24.1. The minimum absolute atomic E-state index is 0.0281. The second-order valence-corrected chi connectivity index (χ2v) is 8.98. The van der Waals surface area contributed by atoms with Crippen molar-refractivity contribution in [3.8, 4) is 17.3 Å². The lowest BCUT2D eigenvalue weighted by molar-refractivity contribution is -0.274. The van der Waals surface area contributed by atoms with Crippen LogP contribution in [-0.2, 0) is 16.8 Å². The second kappa shape index (κ2) is 8.78. The van der Waals surface area contributed by atoms with E-state index in [1.54, 1.807) is 6.07 Å². The summed E-state index contributed by atoms with van der Waals surface area (Å²) in [5.74, 6) is -0.831. The molecule has 10 nitrogen and oxygen atoms in total. The fourth-order valence-corrected chi connectivity index (χ4v) is 3.45. The number of ether oxygens (including phenoxy) is 1. The average molecular weight is 487 g/mol. The highest BCUT2D eigenvalue weighted by atomic mass is 32.2. The van der Waals surface area contributed by atoms with Gasteiger partial charge in [0.25, 0.3) is 0 Å². The van der Waals surface area contributed by atoms with Crippen LogP contribution in [0.2, 0.25) is 0 Å². The Morgan fingerprint density at radius 2 is 1.82 bits per heavy atom. The first-order chi connectivity index (χ1) is 15.3. The average Bonchev–Trinajstić information content (AvgIpc) is 2.91. The summed E-state index contributed by atoms with van der Waals surface area (Å²) in [5.41, 5.74) is 0.186. The van der Waals surface area contributed by atoms with Crippen molar-refractivity contribution in [3.05, 3.63) is 64.3 Å². The number of imidazole rings is 1. The normalized spacial score (nSPS) is 12.2. The van der Waals surface area contributed by atoms with Crippen molar-refractivity contribution in [1.82, 2.24) is 18.4 Å². The van der Waals surface area contributed by atoms with E-state index in [9.17, 15) is 31.5 Å². The van der Waals surface area contributed by atoms with Crippen LogP contribution in [0.1, 0.15) is 11.3 Å². The summed E-state index contributed by atoms with van der Waals surface area (Å²) in [7, 11) is -1.08. The zero-order valence-electron chi connectivity index (χ0n) is 17.7. The van der Waals surface area contributed by atoms with E-state index >= 15 is 0 Å². The molecule has 0 radical (unpaired) electrons. The lowest BCUT2D eigenvalue weighted by atomic mass is 10.2. The molecule has 0 aliphatic carbocycles. The number of benzene rings is 1. The predicted octanol–water partition coefficient (Wildman–Crippen LogP) is 2.21. The summed E-state index contributed by atoms with van der Waals surface area (Å²) in [6.45, 7) is 1.46. The number of hydrogen-bond donors (Lipinski definition) is 2. The Kier molecular flexibility index (Phi) is 6.42. The van der Waals surface area contributed by atoms with Gasteiger partial charge in [0.05, 0.1) is 17.9 Å². The molecule has 0 aliphatic rings. The number of aromatic hydroxyl groups is 1. The van der Waals surface area contributed by atoms with Crippen molar-refractivity contribution in [1.29, 1.82) is 0 Å². The van der Waals surface area contributed by atoms with E-state index in [4.69, 9.17) is 0 Å². The molecule has 2 heterocycles. The monoisotopic (exact) mass is 487 g/mol. The van der Waals surface area contributed by atoms with Gasteiger partial charge in [0.15, 0.2) is 0 Å². The maximum atomic E-state index is 13.0. The number of anilines is 1. The summed E-state index contributed by atoms with van der Waals surface area (Å²) >= 11 is 0. The van der Waals surface area contributed by atoms with Gasteiger partial charge in [0.1, 0.15) is 11.6 Å². The standard InChI is InChI=1S/C19H20F3N5O5S/c1-12-17(28)27(14-4-6-15(7-5-14)32-19(20,21)22)18(29)26(12)11-13-8-9-23-16(10-13)24-33(30,31)25(2)3/h4-10,28H,11H2,1-3H3,(H,23,24). The van der Waals surface area contributed by atoms with Crippen LogP contribution in [0.3, 0.4) is 0 Å². The van der Waals surface area contributed by atoms with Gasteiger partial charge in [-0.2, -0.15) is 12.7 Å². The van der Waals surface area contributed by atoms with Gasteiger partial charge in [-0.05, 0) is 48.9 Å². The Morgan fingerprint density at radius 3 is 2.39 bits per heavy atom. The van der Waals surface area contributed by atoms with Crippen LogP contribution in [-0.4, -0.2) is 52.4 Å². The first-order valence-corrected chi connectivity index (χ1v) is 10.7. The third kappa shape index (κ3) is 5.46. The van der Waals surface area contributed by atoms with Crippen LogP contribution < -0.4 is 15.1 Å². The number of alkyl halides is 3. The van der Waals surface area contributed by atoms with Gasteiger partial charge in [0, 0.05) is 20.3 Å². The van der Waals surface area contributed by atoms with Crippen molar-refractivity contribution >= 4 is 16.0 Å². The minimum Gasteiger partial charge on any atom is -0.493 e. The van der Waals surface area contributed by atoms with Crippen LogP contribution in [0, 0.1) is 6.92 Å². The molecule has 2 N–H and O–H groups in total. The Labute approximate surface area is 186 Å². The highest BCUT2D eigenvalue weighted by Crippen LogP contribution is 2.26. The van der Waals surface area contributed by atoms with Crippen LogP contribution in [0.25, 0.3) is 5.69 Å². The van der Waals surface area contributed by atoms with E-state index in [1.807, 2.05) is 0 Å². The number of rotatable bonds is 7. The molecule has 14 heteroatoms. The first-order valence-electron chi connectivity index (χ1n) is 9.31. The fourth-order valence-electron chi connectivity index (χ4n) is 2.89. The maximum Gasteiger partial charge on any atom is 0.573 e. The van der Waals surface area contributed by atoms with Crippen LogP contribution in [0.5, 0.6) is 11.6 Å². The lowest BCUT2D eigenvalue weighted by Crippen LogP contribution is -2.29. The fraction of sp³-hybridized carbons (Fsp3) is 0.263. The Bertz CT molecular complexity index is 1320. The van der Waals surface area contributed by atoms with Gasteiger partial charge < -0.3 is 9.84 Å². The summed E-state index contributed by atoms with van der Waals surface area (Å²) in [6.07, 6.45) is -3.50. The van der Waals surface area contributed by atoms with Gasteiger partial charge in [0.2, 0.25) is 5.88 Å². The number of halogens is 3. The van der Waals surface area contributed by atoms with E-state index < -0.39 is 33.9 Å². The summed E-state index contributed by atoms with van der Waals surface area (Å²) in [4.78, 5) is 16.9. The van der Waals surface area contributed by atoms with Crippen LogP contribution >= 0.6 is 0 Å². The highest BCUT2D eigenvalue weighted by Gasteiger charge is 2.31. The smallest absolute Gasteiger partial charge is 0.493 e. The molecule has 0 saturated carbocycles. The van der Waals surface area contributed by atoms with Gasteiger partial charge in [-0.25, -0.2) is 14.3 Å². The number of hydrogen-bond acceptors (Lipinski definition) is 6. The zero-order chi connectivity index (χ0) is 24.6. The molecule has 3 aromatic rings. The van der Waals surface area contributed by atoms with Gasteiger partial charge >= 0.3 is 22.3 Å². The van der Waals surface area contributed by atoms with Crippen LogP contribution in [0.4, 0.5) is 19.0 Å². The van der Waals surface area contributed by atoms with E-state index in [0.717, 1.165) is 21.0 Å². The maximum absolute atomic E-state index is 13.0. The molecule has 33 heavy (non-hydrogen) atoms. The third-order valence-electron chi connectivity index (χ3n) is 4.57. The second-order valence-electron chi connectivity index (χ2n) is 7.09. The van der Waals surface area contributed by atoms with Crippen molar-refractivity contribution in [3.63, 3.8) is 0 Å². The van der Waals surface area contributed by atoms with E-state index in [1.165, 1.54) is 50.0 Å². The summed E-state index contributed by atoms with van der Waals surface area (Å²) < 4.78 is 70.3. The predicted molar refractivity (Wildman–Crippen MR) is 113 cm³/mol. The molecule has 0 aliphatic heterocycles. The van der Waals surface area contributed by atoms with Gasteiger partial charge in [-0.3, -0.25) is 9.29 Å². The molecule has 178 valence electrons. The van der Waals surface area contributed by atoms with Gasteiger partial charge in [-0.1, -0.05) is 0 Å². The largest absolute Gasteiger partial charge is 0.573 e. The molecular weight excluding hydrogens is 467 g/mol. The number of nitrogens with one attached hydrogen (secondary N) is 1. The molecule has 0 fully saturated rings. The Hall–Kier alpha value is -3.52. The summed E-state index contributed by atoms with van der Waals surface area (Å²) in [5, 5.41) is 10.5. The number of aromatic nitrogens is 3. The zero-order valence-corrected chi connectivity index (χ0v) is 18.5. The molecule has 0 spiro atoms. The van der Waals surface area contributed by atoms with Gasteiger partial charge in [-0.15, -0.1) is 13.2 Å². The topological polar surface area (TPSA) is 119 Å². The molecule has 0 atom stereocenters. The number of nitrogens with zero attached hydrogens (tertiary/aromatic N) is 4.